The Hall–Kier alpha value is -3.43. The van der Waals surface area contributed by atoms with E-state index in [1.807, 2.05) is 12.1 Å². The summed E-state index contributed by atoms with van der Waals surface area (Å²) in [7, 11) is 2.89. The minimum Gasteiger partial charge on any atom is -0.502 e. The quantitative estimate of drug-likeness (QED) is 0.393. The highest BCUT2D eigenvalue weighted by Gasteiger charge is 2.56. The summed E-state index contributed by atoms with van der Waals surface area (Å²) in [6.45, 7) is 3.54. The van der Waals surface area contributed by atoms with Crippen LogP contribution in [0.15, 0.2) is 24.3 Å². The maximum absolute atomic E-state index is 13.6. The van der Waals surface area contributed by atoms with Gasteiger partial charge in [-0.1, -0.05) is 0 Å². The smallest absolute Gasteiger partial charge is 0.310 e. The van der Waals surface area contributed by atoms with Gasteiger partial charge in [-0.3, -0.25) is 9.59 Å². The molecule has 0 spiro atoms. The fraction of sp³-hybridized carbons (Fsp3) is 0.548. The predicted molar refractivity (Wildman–Crippen MR) is 156 cm³/mol. The molecule has 0 aromatic heterocycles. The van der Waals surface area contributed by atoms with Crippen molar-refractivity contribution in [1.82, 2.24) is 5.32 Å². The van der Waals surface area contributed by atoms with Gasteiger partial charge in [0.25, 0.3) is 0 Å². The molecular weight excluding hydrogens is 610 g/mol. The van der Waals surface area contributed by atoms with E-state index >= 15 is 0 Å². The highest BCUT2D eigenvalue weighted by Crippen LogP contribution is 2.60. The van der Waals surface area contributed by atoms with E-state index in [0.29, 0.717) is 17.1 Å². The zero-order chi connectivity index (χ0) is 31.6. The van der Waals surface area contributed by atoms with Crippen LogP contribution < -0.4 is 24.3 Å². The van der Waals surface area contributed by atoms with Gasteiger partial charge in [-0.2, -0.15) is 0 Å². The summed E-state index contributed by atoms with van der Waals surface area (Å²) >= 11 is 1.41. The first-order chi connectivity index (χ1) is 21.7. The molecule has 7 rings (SSSR count). The van der Waals surface area contributed by atoms with E-state index in [9.17, 15) is 19.8 Å². The number of fused-ring (bicyclic) bond motifs is 4. The molecule has 1 amide bonds. The SMILES string of the molecule is COc1cc([C@H]2c3cc4c(cc3[C@H](S[C@@H]3O[C@@H]5COC(C)O[C@H]5[C@H](O)[C@H]3NC(C)=O)[C@H]3COC(=O)[C@H]23)OCO4)cc(OC)c1O. The molecule has 0 bridgehead atoms. The lowest BCUT2D eigenvalue weighted by atomic mass is 9.67. The number of aliphatic hydroxyl groups is 1. The Morgan fingerprint density at radius 2 is 1.69 bits per heavy atom. The van der Waals surface area contributed by atoms with Gasteiger partial charge in [0.15, 0.2) is 29.3 Å². The fourth-order valence-corrected chi connectivity index (χ4v) is 8.84. The number of esters is 1. The Balaban J connectivity index is 1.33. The summed E-state index contributed by atoms with van der Waals surface area (Å²) in [5, 5.41) is 24.6. The van der Waals surface area contributed by atoms with Crippen molar-refractivity contribution in [3.63, 3.8) is 0 Å². The molecule has 0 radical (unpaired) electrons. The molecular formula is C31H35NO12S. The Morgan fingerprint density at radius 3 is 2.36 bits per heavy atom. The molecule has 1 aliphatic carbocycles. The first kappa shape index (κ1) is 30.2. The van der Waals surface area contributed by atoms with Crippen molar-refractivity contribution < 1.29 is 57.7 Å². The Kier molecular flexibility index (Phi) is 7.89. The molecule has 3 fully saturated rings. The number of aromatic hydroxyl groups is 1. The molecule has 3 N–H and O–H groups in total. The van der Waals surface area contributed by atoms with Gasteiger partial charge in [0, 0.05) is 24.0 Å². The maximum atomic E-state index is 13.6. The van der Waals surface area contributed by atoms with Gasteiger partial charge in [0.2, 0.25) is 18.4 Å². The highest BCUT2D eigenvalue weighted by molar-refractivity contribution is 8.00. The molecule has 3 saturated heterocycles. The van der Waals surface area contributed by atoms with E-state index < -0.39 is 47.9 Å². The van der Waals surface area contributed by atoms with E-state index in [1.54, 1.807) is 19.1 Å². The van der Waals surface area contributed by atoms with E-state index in [0.717, 1.165) is 11.1 Å². The van der Waals surface area contributed by atoms with Crippen LogP contribution in [0, 0.1) is 11.8 Å². The van der Waals surface area contributed by atoms with Crippen LogP contribution in [0.5, 0.6) is 28.7 Å². The molecule has 10 atom stereocenters. The second-order valence-electron chi connectivity index (χ2n) is 11.7. The number of hydrogen-bond donors (Lipinski definition) is 3. The highest BCUT2D eigenvalue weighted by atomic mass is 32.2. The molecule has 4 heterocycles. The lowest BCUT2D eigenvalue weighted by Gasteiger charge is -2.49. The number of methoxy groups -OCH3 is 2. The topological polar surface area (TPSA) is 160 Å². The number of rotatable bonds is 6. The summed E-state index contributed by atoms with van der Waals surface area (Å²) in [4.78, 5) is 25.9. The van der Waals surface area contributed by atoms with E-state index in [-0.39, 0.29) is 60.3 Å². The number of cyclic esters (lactones) is 1. The number of phenolic OH excluding ortho intramolecular Hbond substituents is 1. The molecule has 5 aliphatic rings. The van der Waals surface area contributed by atoms with Gasteiger partial charge in [0.05, 0.1) is 39.4 Å². The molecule has 4 aliphatic heterocycles. The molecule has 1 unspecified atom stereocenters. The van der Waals surface area contributed by atoms with Crippen molar-refractivity contribution in [3.05, 3.63) is 41.0 Å². The van der Waals surface area contributed by atoms with Crippen molar-refractivity contribution in [1.29, 1.82) is 0 Å². The summed E-state index contributed by atoms with van der Waals surface area (Å²) in [6.07, 6.45) is -2.86. The largest absolute Gasteiger partial charge is 0.502 e. The number of amides is 1. The van der Waals surface area contributed by atoms with Gasteiger partial charge in [-0.05, 0) is 47.9 Å². The molecule has 2 aromatic rings. The zero-order valence-corrected chi connectivity index (χ0v) is 25.9. The summed E-state index contributed by atoms with van der Waals surface area (Å²) in [5.41, 5.74) is 1.63. The molecule has 0 saturated carbocycles. The standard InChI is InChI=1S/C31H35NO12S/c1-12(33)32-25-27(35)28-22(10-39-13(2)43-28)44-31(25)45-29-16-8-19-18(41-11-42-19)7-15(16)23(24-17(29)9-40-30(24)36)14-5-20(37-3)26(34)21(6-14)38-4/h5-8,13,17,22-25,27-29,31,34-35H,9-11H2,1-4H3,(H,32,33)/t13?,17-,22+,23-,24-,25+,27+,28+,29-,31-/m0/s1. The number of benzene rings is 2. The number of aliphatic hydroxyl groups excluding tert-OH is 1. The van der Waals surface area contributed by atoms with Crippen molar-refractivity contribution in [2.45, 2.75) is 61.1 Å². The van der Waals surface area contributed by atoms with Crippen LogP contribution >= 0.6 is 11.8 Å². The van der Waals surface area contributed by atoms with Gasteiger partial charge < -0.3 is 53.4 Å². The lowest BCUT2D eigenvalue weighted by molar-refractivity contribution is -0.297. The van der Waals surface area contributed by atoms with Gasteiger partial charge in [0.1, 0.15) is 23.7 Å². The molecule has 14 heteroatoms. The van der Waals surface area contributed by atoms with Crippen molar-refractivity contribution in [2.24, 2.45) is 11.8 Å². The summed E-state index contributed by atoms with van der Waals surface area (Å²) < 4.78 is 46.2. The Morgan fingerprint density at radius 1 is 1.00 bits per heavy atom. The van der Waals surface area contributed by atoms with E-state index in [4.69, 9.17) is 37.9 Å². The third-order valence-corrected chi connectivity index (χ3v) is 10.7. The third kappa shape index (κ3) is 5.12. The molecule has 13 nitrogen and oxygen atoms in total. The van der Waals surface area contributed by atoms with Crippen LogP contribution in [0.1, 0.15) is 41.7 Å². The minimum atomic E-state index is -1.07. The Bertz CT molecular complexity index is 1480. The number of carbonyl (C=O) groups is 2. The number of phenols is 1. The van der Waals surface area contributed by atoms with E-state index in [1.165, 1.54) is 32.9 Å². The minimum absolute atomic E-state index is 0.0560. The van der Waals surface area contributed by atoms with Gasteiger partial charge in [-0.25, -0.2) is 0 Å². The van der Waals surface area contributed by atoms with E-state index in [2.05, 4.69) is 5.32 Å². The second kappa shape index (κ2) is 11.7. The van der Waals surface area contributed by atoms with Crippen molar-refractivity contribution in [3.8, 4) is 28.7 Å². The lowest BCUT2D eigenvalue weighted by Crippen LogP contribution is -2.66. The van der Waals surface area contributed by atoms with Crippen molar-refractivity contribution >= 4 is 23.6 Å². The maximum Gasteiger partial charge on any atom is 0.310 e. The van der Waals surface area contributed by atoms with Crippen LogP contribution in [0.3, 0.4) is 0 Å². The number of ether oxygens (including phenoxy) is 8. The van der Waals surface area contributed by atoms with Crippen molar-refractivity contribution in [2.75, 3.05) is 34.2 Å². The number of thioether (sulfide) groups is 1. The van der Waals surface area contributed by atoms with Crippen LogP contribution in [-0.2, 0) is 28.5 Å². The number of carbonyl (C=O) groups excluding carboxylic acids is 2. The molecule has 2 aromatic carbocycles. The van der Waals surface area contributed by atoms with Gasteiger partial charge >= 0.3 is 5.97 Å². The number of nitrogens with one attached hydrogen (secondary N) is 1. The third-order valence-electron chi connectivity index (χ3n) is 9.15. The normalized spacial score (nSPS) is 34.6. The first-order valence-electron chi connectivity index (χ1n) is 14.8. The van der Waals surface area contributed by atoms with Gasteiger partial charge in [-0.15, -0.1) is 11.8 Å². The monoisotopic (exact) mass is 645 g/mol. The average molecular weight is 646 g/mol. The molecule has 45 heavy (non-hydrogen) atoms. The van der Waals surface area contributed by atoms with Crippen LogP contribution in [0.25, 0.3) is 0 Å². The molecule has 242 valence electrons. The predicted octanol–water partition coefficient (Wildman–Crippen LogP) is 2.20. The van der Waals surface area contributed by atoms with Crippen LogP contribution in [0.4, 0.5) is 0 Å². The fourth-order valence-electron chi connectivity index (χ4n) is 7.14. The average Bonchev–Trinajstić information content (AvgIpc) is 3.64. The van der Waals surface area contributed by atoms with Crippen LogP contribution in [0.2, 0.25) is 0 Å². The summed E-state index contributed by atoms with van der Waals surface area (Å²) in [6, 6.07) is 6.39. The van der Waals surface area contributed by atoms with Crippen LogP contribution in [-0.4, -0.2) is 92.4 Å². The Labute approximate surface area is 263 Å². The zero-order valence-electron chi connectivity index (χ0n) is 25.1. The number of hydrogen-bond acceptors (Lipinski definition) is 13. The summed E-state index contributed by atoms with van der Waals surface area (Å²) in [5.74, 6) is -0.798. The second-order valence-corrected chi connectivity index (χ2v) is 13.0. The first-order valence-corrected chi connectivity index (χ1v) is 15.7.